The van der Waals surface area contributed by atoms with Crippen molar-refractivity contribution in [2.45, 2.75) is 18.9 Å². The molecule has 17 heavy (non-hydrogen) atoms. The summed E-state index contributed by atoms with van der Waals surface area (Å²) in [5.41, 5.74) is 0.965. The van der Waals surface area contributed by atoms with E-state index in [-0.39, 0.29) is 11.8 Å². The van der Waals surface area contributed by atoms with Crippen molar-refractivity contribution in [3.63, 3.8) is 0 Å². The van der Waals surface area contributed by atoms with Gasteiger partial charge in [0.1, 0.15) is 0 Å². The first-order valence-electron chi connectivity index (χ1n) is 6.05. The molecule has 1 N–H and O–H groups in total. The van der Waals surface area contributed by atoms with E-state index in [1.54, 1.807) is 12.4 Å². The average Bonchev–Trinajstić information content (AvgIpc) is 2.80. The van der Waals surface area contributed by atoms with Crippen LogP contribution in [0.25, 0.3) is 0 Å². The average molecular weight is 232 g/mol. The molecule has 4 nitrogen and oxygen atoms in total. The Labute approximate surface area is 100 Å². The number of aromatic nitrogens is 1. The van der Waals surface area contributed by atoms with Crippen LogP contribution in [-0.2, 0) is 9.53 Å². The second kappa shape index (κ2) is 4.11. The highest BCUT2D eigenvalue weighted by molar-refractivity contribution is 5.83. The van der Waals surface area contributed by atoms with Crippen molar-refractivity contribution in [1.29, 1.82) is 0 Å². The number of hydrogen-bond donors (Lipinski definition) is 1. The molecule has 0 aromatic carbocycles. The van der Waals surface area contributed by atoms with Crippen molar-refractivity contribution in [1.82, 2.24) is 10.3 Å². The molecule has 0 spiro atoms. The number of carbonyl (C=O) groups excluding carboxylic acids is 1. The topological polar surface area (TPSA) is 51.2 Å². The lowest BCUT2D eigenvalue weighted by Crippen LogP contribution is -2.33. The Kier molecular flexibility index (Phi) is 2.59. The van der Waals surface area contributed by atoms with Crippen LogP contribution in [0.5, 0.6) is 0 Å². The molecule has 1 saturated carbocycles. The second-order valence-corrected chi connectivity index (χ2v) is 4.91. The van der Waals surface area contributed by atoms with Crippen LogP contribution in [0.2, 0.25) is 0 Å². The Balaban J connectivity index is 1.60. The van der Waals surface area contributed by atoms with Crippen molar-refractivity contribution in [3.8, 4) is 0 Å². The number of nitrogens with zero attached hydrogens (tertiary/aromatic N) is 1. The number of rotatable bonds is 3. The maximum atomic E-state index is 12.0. The fraction of sp³-hybridized carbons (Fsp3) is 0.538. The number of carbonyl (C=O) groups is 1. The van der Waals surface area contributed by atoms with Gasteiger partial charge in [-0.3, -0.25) is 9.78 Å². The Morgan fingerprint density at radius 2 is 2.29 bits per heavy atom. The van der Waals surface area contributed by atoms with Crippen molar-refractivity contribution >= 4 is 5.91 Å². The molecule has 3 rings (SSSR count). The third-order valence-corrected chi connectivity index (χ3v) is 3.84. The molecule has 1 aliphatic carbocycles. The second-order valence-electron chi connectivity index (χ2n) is 4.91. The van der Waals surface area contributed by atoms with Crippen LogP contribution in [-0.4, -0.2) is 30.1 Å². The Hall–Kier alpha value is -1.42. The van der Waals surface area contributed by atoms with Gasteiger partial charge >= 0.3 is 0 Å². The molecule has 90 valence electrons. The molecule has 1 saturated heterocycles. The van der Waals surface area contributed by atoms with Crippen LogP contribution in [0.1, 0.15) is 18.4 Å². The van der Waals surface area contributed by atoms with Gasteiger partial charge in [-0.1, -0.05) is 6.07 Å². The highest BCUT2D eigenvalue weighted by Crippen LogP contribution is 2.44. The lowest BCUT2D eigenvalue weighted by molar-refractivity contribution is -0.122. The first-order chi connectivity index (χ1) is 8.27. The molecule has 1 aliphatic heterocycles. The predicted octanol–water partition coefficient (Wildman–Crippen LogP) is 0.946. The zero-order valence-corrected chi connectivity index (χ0v) is 9.80. The highest BCUT2D eigenvalue weighted by atomic mass is 16.5. The number of pyridine rings is 1. The fourth-order valence-corrected chi connectivity index (χ4v) is 2.53. The Morgan fingerprint density at radius 3 is 2.94 bits per heavy atom. The smallest absolute Gasteiger partial charge is 0.227 e. The molecule has 0 radical (unpaired) electrons. The van der Waals surface area contributed by atoms with Crippen molar-refractivity contribution in [2.75, 3.05) is 13.2 Å². The number of hydrogen-bond acceptors (Lipinski definition) is 3. The van der Waals surface area contributed by atoms with Crippen molar-refractivity contribution in [2.24, 2.45) is 11.8 Å². The highest BCUT2D eigenvalue weighted by Gasteiger charge is 2.54. The fourth-order valence-electron chi connectivity index (χ4n) is 2.53. The molecule has 2 aliphatic rings. The minimum atomic E-state index is -0.133. The van der Waals surface area contributed by atoms with Gasteiger partial charge in [0.15, 0.2) is 0 Å². The van der Waals surface area contributed by atoms with Gasteiger partial charge in [-0.05, 0) is 18.6 Å². The molecular formula is C13H16N2O2. The molecule has 2 heterocycles. The van der Waals surface area contributed by atoms with Gasteiger partial charge in [0.25, 0.3) is 0 Å². The summed E-state index contributed by atoms with van der Waals surface area (Å²) < 4.78 is 5.30. The molecule has 1 amide bonds. The summed E-state index contributed by atoms with van der Waals surface area (Å²) in [5.74, 6) is 1.07. The minimum Gasteiger partial charge on any atom is -0.381 e. The molecule has 4 atom stereocenters. The summed E-state index contributed by atoms with van der Waals surface area (Å²) in [6, 6.07) is 4.14. The van der Waals surface area contributed by atoms with E-state index < -0.39 is 0 Å². The minimum absolute atomic E-state index is 0.0948. The Morgan fingerprint density at radius 1 is 1.53 bits per heavy atom. The third-order valence-electron chi connectivity index (χ3n) is 3.84. The van der Waals surface area contributed by atoms with Gasteiger partial charge in [-0.25, -0.2) is 0 Å². The molecule has 1 aromatic heterocycles. The zero-order chi connectivity index (χ0) is 11.8. The number of ether oxygens (including phenoxy) is 1. The zero-order valence-electron chi connectivity index (χ0n) is 9.80. The van der Waals surface area contributed by atoms with E-state index in [0.29, 0.717) is 17.9 Å². The summed E-state index contributed by atoms with van der Waals surface area (Å²) in [4.78, 5) is 16.1. The largest absolute Gasteiger partial charge is 0.381 e. The maximum Gasteiger partial charge on any atom is 0.227 e. The van der Waals surface area contributed by atoms with Crippen LogP contribution in [0.15, 0.2) is 24.5 Å². The standard InChI is InChI=1S/C13H16N2O2/c1-8(9-3-2-4-14-5-9)13(16)15-12-10-6-17-7-11(10)12/h2-5,8,10-12H,6-7H2,1H3,(H,15,16)/t8?,10-,11+,12?. The Bertz CT molecular complexity index is 411. The predicted molar refractivity (Wildman–Crippen MR) is 62.4 cm³/mol. The van der Waals surface area contributed by atoms with Gasteiger partial charge < -0.3 is 10.1 Å². The van der Waals surface area contributed by atoms with E-state index in [2.05, 4.69) is 10.3 Å². The number of amides is 1. The van der Waals surface area contributed by atoms with E-state index in [1.807, 2.05) is 19.1 Å². The van der Waals surface area contributed by atoms with Crippen LogP contribution in [0.4, 0.5) is 0 Å². The molecule has 2 unspecified atom stereocenters. The van der Waals surface area contributed by atoms with E-state index in [4.69, 9.17) is 4.74 Å². The van der Waals surface area contributed by atoms with Gasteiger partial charge in [0.2, 0.25) is 5.91 Å². The summed E-state index contributed by atoms with van der Waals surface area (Å²) in [7, 11) is 0. The first-order valence-corrected chi connectivity index (χ1v) is 6.05. The summed E-state index contributed by atoms with van der Waals surface area (Å²) in [5, 5.41) is 3.11. The van der Waals surface area contributed by atoms with Gasteiger partial charge in [0.05, 0.1) is 19.1 Å². The van der Waals surface area contributed by atoms with Crippen molar-refractivity contribution in [3.05, 3.63) is 30.1 Å². The summed E-state index contributed by atoms with van der Waals surface area (Å²) >= 11 is 0. The molecule has 2 fully saturated rings. The first kappa shape index (κ1) is 10.7. The van der Waals surface area contributed by atoms with Crippen LogP contribution < -0.4 is 5.32 Å². The van der Waals surface area contributed by atoms with E-state index in [9.17, 15) is 4.79 Å². The molecular weight excluding hydrogens is 216 g/mol. The third kappa shape index (κ3) is 1.93. The lowest BCUT2D eigenvalue weighted by atomic mass is 10.0. The summed E-state index contributed by atoms with van der Waals surface area (Å²) in [6.45, 7) is 3.52. The monoisotopic (exact) mass is 232 g/mol. The van der Waals surface area contributed by atoms with Gasteiger partial charge in [-0.2, -0.15) is 0 Å². The normalized spacial score (nSPS) is 31.7. The summed E-state index contributed by atoms with van der Waals surface area (Å²) in [6.07, 6.45) is 3.47. The van der Waals surface area contributed by atoms with Crippen molar-refractivity contribution < 1.29 is 9.53 Å². The van der Waals surface area contributed by atoms with E-state index in [0.717, 1.165) is 18.8 Å². The molecule has 0 bridgehead atoms. The van der Waals surface area contributed by atoms with Crippen LogP contribution >= 0.6 is 0 Å². The maximum absolute atomic E-state index is 12.0. The van der Waals surface area contributed by atoms with Crippen LogP contribution in [0.3, 0.4) is 0 Å². The van der Waals surface area contributed by atoms with Gasteiger partial charge in [0, 0.05) is 30.3 Å². The van der Waals surface area contributed by atoms with Crippen LogP contribution in [0, 0.1) is 11.8 Å². The molecule has 1 aromatic rings. The SMILES string of the molecule is CC(C(=O)NC1[C@H]2COC[C@@H]12)c1cccnc1. The number of nitrogens with one attached hydrogen (secondary N) is 1. The lowest BCUT2D eigenvalue weighted by Gasteiger charge is -2.13. The van der Waals surface area contributed by atoms with E-state index in [1.165, 1.54) is 0 Å². The van der Waals surface area contributed by atoms with E-state index >= 15 is 0 Å². The number of fused-ring (bicyclic) bond motifs is 1. The van der Waals surface area contributed by atoms with Gasteiger partial charge in [-0.15, -0.1) is 0 Å². The molecule has 4 heteroatoms. The quantitative estimate of drug-likeness (QED) is 0.844.